The van der Waals surface area contributed by atoms with E-state index in [1.165, 1.54) is 10.4 Å². The number of nitrogens with two attached hydrogens (primary N) is 1. The molecular weight excluding hydrogens is 280 g/mol. The molecule has 1 aromatic heterocycles. The van der Waals surface area contributed by atoms with Crippen LogP contribution in [0.4, 0.5) is 0 Å². The van der Waals surface area contributed by atoms with Crippen molar-refractivity contribution in [3.05, 3.63) is 21.9 Å². The van der Waals surface area contributed by atoms with Crippen LogP contribution in [0.15, 0.2) is 11.4 Å². The Balaban J connectivity index is 0.00000133. The molecule has 0 saturated heterocycles. The Morgan fingerprint density at radius 1 is 1.42 bits per heavy atom. The topological polar surface area (TPSA) is 46.3 Å². The van der Waals surface area contributed by atoms with Gasteiger partial charge in [0.2, 0.25) is 5.91 Å². The lowest BCUT2D eigenvalue weighted by Crippen LogP contribution is -2.42. The molecule has 0 radical (unpaired) electrons. The van der Waals surface area contributed by atoms with E-state index in [0.29, 0.717) is 5.91 Å². The molecule has 0 aromatic carbocycles. The van der Waals surface area contributed by atoms with Crippen LogP contribution in [0.3, 0.4) is 0 Å². The fourth-order valence-electron chi connectivity index (χ4n) is 3.15. The van der Waals surface area contributed by atoms with Crippen molar-refractivity contribution in [2.24, 2.45) is 11.7 Å². The minimum atomic E-state index is 0. The minimum Gasteiger partial charge on any atom is -0.338 e. The average molecular weight is 301 g/mol. The number of carbonyl (C=O) groups excluding carboxylic acids is 1. The van der Waals surface area contributed by atoms with E-state index in [-0.39, 0.29) is 24.4 Å². The van der Waals surface area contributed by atoms with Gasteiger partial charge >= 0.3 is 0 Å². The maximum Gasteiger partial charge on any atom is 0.226 e. The second kappa shape index (κ2) is 6.25. The van der Waals surface area contributed by atoms with Gasteiger partial charge in [0.15, 0.2) is 0 Å². The third-order valence-corrected chi connectivity index (χ3v) is 5.21. The van der Waals surface area contributed by atoms with Crippen molar-refractivity contribution in [3.63, 3.8) is 0 Å². The van der Waals surface area contributed by atoms with Gasteiger partial charge in [-0.3, -0.25) is 4.79 Å². The van der Waals surface area contributed by atoms with E-state index in [0.717, 1.165) is 45.2 Å². The SMILES string of the molecule is Cl.NC1CCCC(C(=O)N2CCc3sccc3C2)C1. The van der Waals surface area contributed by atoms with Crippen LogP contribution in [-0.4, -0.2) is 23.4 Å². The number of halogens is 1. The first kappa shape index (κ1) is 14.8. The Bertz CT molecular complexity index is 448. The number of nitrogens with zero attached hydrogens (tertiary/aromatic N) is 1. The lowest BCUT2D eigenvalue weighted by atomic mass is 9.85. The molecule has 2 N–H and O–H groups in total. The predicted molar refractivity (Wildman–Crippen MR) is 80.6 cm³/mol. The summed E-state index contributed by atoms with van der Waals surface area (Å²) in [5.74, 6) is 0.510. The van der Waals surface area contributed by atoms with Crippen LogP contribution in [0.5, 0.6) is 0 Å². The van der Waals surface area contributed by atoms with Gasteiger partial charge in [0.1, 0.15) is 0 Å². The number of thiophene rings is 1. The van der Waals surface area contributed by atoms with Crippen molar-refractivity contribution in [3.8, 4) is 0 Å². The number of rotatable bonds is 1. The fraction of sp³-hybridized carbons (Fsp3) is 0.643. The van der Waals surface area contributed by atoms with Crippen LogP contribution in [0.2, 0.25) is 0 Å². The molecule has 2 heterocycles. The van der Waals surface area contributed by atoms with Crippen LogP contribution in [-0.2, 0) is 17.8 Å². The highest BCUT2D eigenvalue weighted by Gasteiger charge is 2.30. The summed E-state index contributed by atoms with van der Waals surface area (Å²) in [5.41, 5.74) is 7.33. The maximum atomic E-state index is 12.5. The largest absolute Gasteiger partial charge is 0.338 e. The Morgan fingerprint density at radius 2 is 2.26 bits per heavy atom. The van der Waals surface area contributed by atoms with Gasteiger partial charge in [0.05, 0.1) is 0 Å². The van der Waals surface area contributed by atoms with Crippen molar-refractivity contribution in [2.75, 3.05) is 6.54 Å². The highest BCUT2D eigenvalue weighted by Crippen LogP contribution is 2.29. The number of fused-ring (bicyclic) bond motifs is 1. The molecule has 1 aliphatic heterocycles. The Morgan fingerprint density at radius 3 is 3.05 bits per heavy atom. The minimum absolute atomic E-state index is 0. The van der Waals surface area contributed by atoms with Gasteiger partial charge < -0.3 is 10.6 Å². The monoisotopic (exact) mass is 300 g/mol. The van der Waals surface area contributed by atoms with Crippen molar-refractivity contribution < 1.29 is 4.79 Å². The molecule has 3 rings (SSSR count). The quantitative estimate of drug-likeness (QED) is 0.866. The smallest absolute Gasteiger partial charge is 0.226 e. The van der Waals surface area contributed by atoms with Crippen LogP contribution < -0.4 is 5.73 Å². The second-order valence-electron chi connectivity index (χ2n) is 5.50. The lowest BCUT2D eigenvalue weighted by molar-refractivity contribution is -0.137. The van der Waals surface area contributed by atoms with E-state index in [1.54, 1.807) is 0 Å². The fourth-order valence-corrected chi connectivity index (χ4v) is 4.04. The Labute approximate surface area is 124 Å². The summed E-state index contributed by atoms with van der Waals surface area (Å²) in [4.78, 5) is 16.0. The first-order valence-corrected chi connectivity index (χ1v) is 7.71. The molecule has 0 spiro atoms. The van der Waals surface area contributed by atoms with E-state index in [9.17, 15) is 4.79 Å². The van der Waals surface area contributed by atoms with Gasteiger partial charge in [-0.2, -0.15) is 0 Å². The summed E-state index contributed by atoms with van der Waals surface area (Å²) < 4.78 is 0. The van der Waals surface area contributed by atoms with E-state index < -0.39 is 0 Å². The molecule has 1 aromatic rings. The summed E-state index contributed by atoms with van der Waals surface area (Å²) in [5, 5.41) is 2.13. The third-order valence-electron chi connectivity index (χ3n) is 4.18. The highest BCUT2D eigenvalue weighted by molar-refractivity contribution is 7.10. The molecule has 1 amide bonds. The molecular formula is C14H21ClN2OS. The maximum absolute atomic E-state index is 12.5. The summed E-state index contributed by atoms with van der Waals surface area (Å²) in [6.07, 6.45) is 5.12. The molecule has 5 heteroatoms. The van der Waals surface area contributed by atoms with Gasteiger partial charge in [0.25, 0.3) is 0 Å². The van der Waals surface area contributed by atoms with Crippen LogP contribution >= 0.6 is 23.7 Å². The average Bonchev–Trinajstić information content (AvgIpc) is 2.85. The molecule has 1 aliphatic carbocycles. The summed E-state index contributed by atoms with van der Waals surface area (Å²) >= 11 is 1.82. The molecule has 1 fully saturated rings. The zero-order valence-corrected chi connectivity index (χ0v) is 12.6. The summed E-state index contributed by atoms with van der Waals surface area (Å²) in [6.45, 7) is 1.70. The molecule has 1 saturated carbocycles. The Kier molecular flexibility index (Phi) is 4.87. The predicted octanol–water partition coefficient (Wildman–Crippen LogP) is 2.57. The number of hydrogen-bond acceptors (Lipinski definition) is 3. The number of hydrogen-bond donors (Lipinski definition) is 1. The molecule has 2 aliphatic rings. The van der Waals surface area contributed by atoms with E-state index in [2.05, 4.69) is 11.4 Å². The van der Waals surface area contributed by atoms with Gasteiger partial charge in [-0.05, 0) is 42.7 Å². The van der Waals surface area contributed by atoms with Crippen molar-refractivity contribution in [1.29, 1.82) is 0 Å². The van der Waals surface area contributed by atoms with Crippen LogP contribution in [0.25, 0.3) is 0 Å². The molecule has 2 atom stereocenters. The van der Waals surface area contributed by atoms with Gasteiger partial charge in [0, 0.05) is 29.9 Å². The third kappa shape index (κ3) is 3.12. The van der Waals surface area contributed by atoms with E-state index in [4.69, 9.17) is 5.73 Å². The van der Waals surface area contributed by atoms with Crippen molar-refractivity contribution in [1.82, 2.24) is 4.90 Å². The number of amides is 1. The first-order valence-electron chi connectivity index (χ1n) is 6.83. The summed E-state index contributed by atoms with van der Waals surface area (Å²) in [6, 6.07) is 2.39. The van der Waals surface area contributed by atoms with Gasteiger partial charge in [-0.15, -0.1) is 23.7 Å². The van der Waals surface area contributed by atoms with E-state index in [1.807, 2.05) is 16.2 Å². The zero-order chi connectivity index (χ0) is 12.5. The highest BCUT2D eigenvalue weighted by atomic mass is 35.5. The lowest BCUT2D eigenvalue weighted by Gasteiger charge is -2.33. The van der Waals surface area contributed by atoms with Crippen LogP contribution in [0.1, 0.15) is 36.1 Å². The van der Waals surface area contributed by atoms with Gasteiger partial charge in [-0.25, -0.2) is 0 Å². The normalized spacial score (nSPS) is 26.5. The van der Waals surface area contributed by atoms with Crippen molar-refractivity contribution >= 4 is 29.7 Å². The second-order valence-corrected chi connectivity index (χ2v) is 6.50. The number of carbonyl (C=O) groups is 1. The summed E-state index contributed by atoms with van der Waals surface area (Å²) in [7, 11) is 0. The van der Waals surface area contributed by atoms with Crippen LogP contribution in [0, 0.1) is 5.92 Å². The standard InChI is InChI=1S/C14H20N2OS.ClH/c15-12-3-1-2-10(8-12)14(17)16-6-4-13-11(9-16)5-7-18-13;/h5,7,10,12H,1-4,6,8-9,15H2;1H. The molecule has 0 bridgehead atoms. The van der Waals surface area contributed by atoms with Crippen molar-refractivity contribution in [2.45, 2.75) is 44.7 Å². The van der Waals surface area contributed by atoms with E-state index >= 15 is 0 Å². The molecule has 2 unspecified atom stereocenters. The zero-order valence-electron chi connectivity index (χ0n) is 11.0. The molecule has 106 valence electrons. The Hall–Kier alpha value is -0.580. The van der Waals surface area contributed by atoms with Gasteiger partial charge in [-0.1, -0.05) is 6.42 Å². The first-order chi connectivity index (χ1) is 8.74. The molecule has 19 heavy (non-hydrogen) atoms. The molecule has 3 nitrogen and oxygen atoms in total.